The number of halogens is 3. The highest BCUT2D eigenvalue weighted by Crippen LogP contribution is 2.24. The average molecular weight is 293 g/mol. The van der Waals surface area contributed by atoms with Gasteiger partial charge < -0.3 is 15.8 Å². The van der Waals surface area contributed by atoms with Crippen molar-refractivity contribution in [1.82, 2.24) is 5.32 Å². The minimum absolute atomic E-state index is 0.0301. The minimum atomic E-state index is -3.00. The lowest BCUT2D eigenvalue weighted by atomic mass is 10.2. The zero-order chi connectivity index (χ0) is 14.4. The summed E-state index contributed by atoms with van der Waals surface area (Å²) in [4.78, 5) is 11.8. The maximum atomic E-state index is 12.2. The van der Waals surface area contributed by atoms with Crippen molar-refractivity contribution in [2.75, 3.05) is 6.54 Å². The summed E-state index contributed by atoms with van der Waals surface area (Å²) in [5.41, 5.74) is 5.51. The summed E-state index contributed by atoms with van der Waals surface area (Å²) in [6.07, 6.45) is 0.581. The molecule has 19 heavy (non-hydrogen) atoms. The molecule has 0 bridgehead atoms. The van der Waals surface area contributed by atoms with Crippen LogP contribution in [0.5, 0.6) is 5.75 Å². The Morgan fingerprint density at radius 2 is 2.21 bits per heavy atom. The molecule has 0 fully saturated rings. The summed E-state index contributed by atoms with van der Waals surface area (Å²) in [5.74, 6) is -0.739. The van der Waals surface area contributed by atoms with E-state index in [1.807, 2.05) is 0 Å². The van der Waals surface area contributed by atoms with E-state index in [4.69, 9.17) is 17.3 Å². The molecule has 106 valence electrons. The van der Waals surface area contributed by atoms with E-state index in [0.29, 0.717) is 13.0 Å². The normalized spacial score (nSPS) is 12.3. The van der Waals surface area contributed by atoms with Crippen LogP contribution in [0.4, 0.5) is 8.78 Å². The van der Waals surface area contributed by atoms with E-state index in [1.54, 1.807) is 6.92 Å². The van der Waals surface area contributed by atoms with Gasteiger partial charge in [0.2, 0.25) is 0 Å². The molecule has 1 aromatic carbocycles. The standard InChI is InChI=1S/C12H15ClF2N2O2/c1-7(16)4-5-17-11(18)9-6-8(13)2-3-10(9)19-12(14)15/h2-3,6-7,12H,4-5,16H2,1H3,(H,17,18). The minimum Gasteiger partial charge on any atom is -0.434 e. The summed E-state index contributed by atoms with van der Waals surface area (Å²) < 4.78 is 28.7. The number of hydrogen-bond acceptors (Lipinski definition) is 3. The van der Waals surface area contributed by atoms with Gasteiger partial charge in [-0.3, -0.25) is 4.79 Å². The van der Waals surface area contributed by atoms with Gasteiger partial charge in [0.05, 0.1) is 5.56 Å². The fourth-order valence-corrected chi connectivity index (χ4v) is 1.56. The van der Waals surface area contributed by atoms with E-state index in [-0.39, 0.29) is 22.4 Å². The number of benzene rings is 1. The molecule has 1 amide bonds. The van der Waals surface area contributed by atoms with E-state index in [9.17, 15) is 13.6 Å². The third-order valence-corrected chi connectivity index (χ3v) is 2.52. The molecule has 0 saturated carbocycles. The second-order valence-electron chi connectivity index (χ2n) is 4.04. The lowest BCUT2D eigenvalue weighted by Crippen LogP contribution is -2.29. The lowest BCUT2D eigenvalue weighted by molar-refractivity contribution is -0.0501. The summed E-state index contributed by atoms with van der Waals surface area (Å²) in [6, 6.07) is 3.82. The predicted molar refractivity (Wildman–Crippen MR) is 68.7 cm³/mol. The molecule has 3 N–H and O–H groups in total. The molecule has 0 saturated heterocycles. The van der Waals surface area contributed by atoms with Crippen molar-refractivity contribution in [2.24, 2.45) is 5.73 Å². The number of carbonyl (C=O) groups is 1. The summed E-state index contributed by atoms with van der Waals surface area (Å²) in [6.45, 7) is -0.856. The van der Waals surface area contributed by atoms with E-state index >= 15 is 0 Å². The summed E-state index contributed by atoms with van der Waals surface area (Å²) in [7, 11) is 0. The second-order valence-corrected chi connectivity index (χ2v) is 4.48. The smallest absolute Gasteiger partial charge is 0.387 e. The lowest BCUT2D eigenvalue weighted by Gasteiger charge is -2.12. The van der Waals surface area contributed by atoms with E-state index < -0.39 is 12.5 Å². The van der Waals surface area contributed by atoms with Gasteiger partial charge in [0.1, 0.15) is 5.75 Å². The quantitative estimate of drug-likeness (QED) is 0.846. The van der Waals surface area contributed by atoms with Crippen LogP contribution in [0.25, 0.3) is 0 Å². The number of amides is 1. The van der Waals surface area contributed by atoms with Crippen molar-refractivity contribution in [3.8, 4) is 5.75 Å². The average Bonchev–Trinajstić information content (AvgIpc) is 2.30. The molecular formula is C12H15ClF2N2O2. The number of alkyl halides is 2. The van der Waals surface area contributed by atoms with E-state index in [0.717, 1.165) is 0 Å². The van der Waals surface area contributed by atoms with Gasteiger partial charge in [0, 0.05) is 17.6 Å². The van der Waals surface area contributed by atoms with Gasteiger partial charge in [-0.2, -0.15) is 8.78 Å². The van der Waals surface area contributed by atoms with Gasteiger partial charge in [0.15, 0.2) is 0 Å². The number of carbonyl (C=O) groups excluding carboxylic acids is 1. The molecule has 1 unspecified atom stereocenters. The highest BCUT2D eigenvalue weighted by Gasteiger charge is 2.16. The summed E-state index contributed by atoms with van der Waals surface area (Å²) in [5, 5.41) is 2.83. The molecule has 0 spiro atoms. The molecular weight excluding hydrogens is 278 g/mol. The molecule has 0 aromatic heterocycles. The molecule has 1 rings (SSSR count). The van der Waals surface area contributed by atoms with Gasteiger partial charge in [-0.25, -0.2) is 0 Å². The van der Waals surface area contributed by atoms with E-state index in [2.05, 4.69) is 10.1 Å². The molecule has 7 heteroatoms. The molecule has 0 aliphatic carbocycles. The number of rotatable bonds is 6. The molecule has 1 aromatic rings. The Kier molecular flexibility index (Phi) is 5.98. The first-order valence-electron chi connectivity index (χ1n) is 5.68. The Balaban J connectivity index is 2.78. The van der Waals surface area contributed by atoms with Crippen LogP contribution in [0.3, 0.4) is 0 Å². The highest BCUT2D eigenvalue weighted by molar-refractivity contribution is 6.31. The SMILES string of the molecule is CC(N)CCNC(=O)c1cc(Cl)ccc1OC(F)F. The van der Waals surface area contributed by atoms with Crippen molar-refractivity contribution >= 4 is 17.5 Å². The van der Waals surface area contributed by atoms with Crippen LogP contribution in [-0.2, 0) is 0 Å². The van der Waals surface area contributed by atoms with Gasteiger partial charge in [-0.15, -0.1) is 0 Å². The Hall–Kier alpha value is -1.40. The zero-order valence-electron chi connectivity index (χ0n) is 10.3. The van der Waals surface area contributed by atoms with Crippen LogP contribution >= 0.6 is 11.6 Å². The monoisotopic (exact) mass is 292 g/mol. The first-order chi connectivity index (χ1) is 8.90. The maximum Gasteiger partial charge on any atom is 0.387 e. The topological polar surface area (TPSA) is 64.3 Å². The van der Waals surface area contributed by atoms with Gasteiger partial charge in [0.25, 0.3) is 5.91 Å². The molecule has 0 radical (unpaired) electrons. The van der Waals surface area contributed by atoms with Crippen LogP contribution in [0, 0.1) is 0 Å². The highest BCUT2D eigenvalue weighted by atomic mass is 35.5. The molecule has 4 nitrogen and oxygen atoms in total. The molecule has 1 atom stereocenters. The van der Waals surface area contributed by atoms with Crippen molar-refractivity contribution in [3.05, 3.63) is 28.8 Å². The van der Waals surface area contributed by atoms with Crippen LogP contribution in [0.15, 0.2) is 18.2 Å². The van der Waals surface area contributed by atoms with E-state index in [1.165, 1.54) is 18.2 Å². The molecule has 0 aliphatic rings. The number of nitrogens with one attached hydrogen (secondary N) is 1. The van der Waals surface area contributed by atoms with Crippen molar-refractivity contribution in [2.45, 2.75) is 26.0 Å². The fourth-order valence-electron chi connectivity index (χ4n) is 1.39. The van der Waals surface area contributed by atoms with Crippen molar-refractivity contribution in [3.63, 3.8) is 0 Å². The summed E-state index contributed by atoms with van der Waals surface area (Å²) >= 11 is 5.74. The maximum absolute atomic E-state index is 12.2. The molecule has 0 aliphatic heterocycles. The van der Waals surface area contributed by atoms with Gasteiger partial charge >= 0.3 is 6.61 Å². The Morgan fingerprint density at radius 3 is 2.79 bits per heavy atom. The fraction of sp³-hybridized carbons (Fsp3) is 0.417. The van der Waals surface area contributed by atoms with Gasteiger partial charge in [-0.05, 0) is 31.5 Å². The largest absolute Gasteiger partial charge is 0.434 e. The third kappa shape index (κ3) is 5.40. The first kappa shape index (κ1) is 15.7. The number of nitrogens with two attached hydrogens (primary N) is 1. The van der Waals surface area contributed by atoms with Crippen molar-refractivity contribution in [1.29, 1.82) is 0 Å². The second kappa shape index (κ2) is 7.25. The Morgan fingerprint density at radius 1 is 1.53 bits per heavy atom. The predicted octanol–water partition coefficient (Wildman–Crippen LogP) is 2.41. The van der Waals surface area contributed by atoms with Crippen LogP contribution in [-0.4, -0.2) is 25.1 Å². The number of ether oxygens (including phenoxy) is 1. The van der Waals surface area contributed by atoms with Crippen LogP contribution in [0.2, 0.25) is 5.02 Å². The molecule has 0 heterocycles. The number of hydrogen-bond donors (Lipinski definition) is 2. The Bertz CT molecular complexity index is 442. The Labute approximate surface area is 114 Å². The third-order valence-electron chi connectivity index (χ3n) is 2.29. The zero-order valence-corrected chi connectivity index (χ0v) is 11.1. The van der Waals surface area contributed by atoms with Crippen molar-refractivity contribution < 1.29 is 18.3 Å². The first-order valence-corrected chi connectivity index (χ1v) is 6.06. The van der Waals surface area contributed by atoms with Crippen LogP contribution < -0.4 is 15.8 Å². The van der Waals surface area contributed by atoms with Crippen LogP contribution in [0.1, 0.15) is 23.7 Å². The van der Waals surface area contributed by atoms with Gasteiger partial charge in [-0.1, -0.05) is 11.6 Å².